The average molecular weight is 207 g/mol. The monoisotopic (exact) mass is 207 g/mol. The van der Waals surface area contributed by atoms with Gasteiger partial charge in [-0.25, -0.2) is 0 Å². The Hall–Kier alpha value is -0.830. The second-order valence-corrected chi connectivity index (χ2v) is 5.19. The van der Waals surface area contributed by atoms with Gasteiger partial charge in [0.15, 0.2) is 0 Å². The van der Waals surface area contributed by atoms with Crippen molar-refractivity contribution in [3.63, 3.8) is 0 Å². The smallest absolute Gasteiger partial charge is 0.0522 e. The van der Waals surface area contributed by atoms with E-state index in [9.17, 15) is 0 Å². The van der Waals surface area contributed by atoms with Gasteiger partial charge >= 0.3 is 0 Å². The summed E-state index contributed by atoms with van der Waals surface area (Å²) in [6, 6.07) is 0.461. The summed E-state index contributed by atoms with van der Waals surface area (Å²) in [6.07, 6.45) is 7.86. The van der Waals surface area contributed by atoms with Crippen LogP contribution < -0.4 is 5.32 Å². The molecule has 1 aliphatic rings. The van der Waals surface area contributed by atoms with Crippen molar-refractivity contribution < 1.29 is 0 Å². The van der Waals surface area contributed by atoms with E-state index < -0.39 is 0 Å². The highest BCUT2D eigenvalue weighted by molar-refractivity contribution is 5.10. The van der Waals surface area contributed by atoms with Crippen LogP contribution in [0.25, 0.3) is 0 Å². The molecule has 1 aliphatic heterocycles. The molecule has 1 N–H and O–H groups in total. The molecule has 0 saturated carbocycles. The number of hydrogen-bond acceptors (Lipinski definition) is 2. The molecule has 3 nitrogen and oxygen atoms in total. The van der Waals surface area contributed by atoms with E-state index >= 15 is 0 Å². The zero-order valence-electron chi connectivity index (χ0n) is 9.95. The lowest BCUT2D eigenvalue weighted by atomic mass is 9.93. The van der Waals surface area contributed by atoms with Crippen molar-refractivity contribution in [2.24, 2.45) is 0 Å². The highest BCUT2D eigenvalue weighted by Gasteiger charge is 2.28. The zero-order chi connectivity index (χ0) is 10.9. The Kier molecular flexibility index (Phi) is 2.83. The molecule has 1 unspecified atom stereocenters. The first-order valence-electron chi connectivity index (χ1n) is 5.87. The molecule has 1 fully saturated rings. The predicted molar refractivity (Wildman–Crippen MR) is 62.0 cm³/mol. The van der Waals surface area contributed by atoms with Crippen LogP contribution in [0.15, 0.2) is 12.4 Å². The fourth-order valence-electron chi connectivity index (χ4n) is 2.31. The van der Waals surface area contributed by atoms with E-state index in [0.29, 0.717) is 11.6 Å². The maximum absolute atomic E-state index is 4.38. The first-order chi connectivity index (χ1) is 7.09. The van der Waals surface area contributed by atoms with E-state index in [0.717, 1.165) is 13.0 Å². The molecule has 15 heavy (non-hydrogen) atoms. The molecule has 0 radical (unpaired) electrons. The molecule has 0 aliphatic carbocycles. The van der Waals surface area contributed by atoms with Gasteiger partial charge in [-0.15, -0.1) is 0 Å². The second kappa shape index (κ2) is 3.97. The van der Waals surface area contributed by atoms with Crippen molar-refractivity contribution in [1.82, 2.24) is 15.1 Å². The summed E-state index contributed by atoms with van der Waals surface area (Å²) in [5, 5.41) is 7.96. The van der Waals surface area contributed by atoms with Gasteiger partial charge in [0.2, 0.25) is 0 Å². The summed E-state index contributed by atoms with van der Waals surface area (Å²) in [7, 11) is 0. The van der Waals surface area contributed by atoms with Crippen LogP contribution in [0.5, 0.6) is 0 Å². The summed E-state index contributed by atoms with van der Waals surface area (Å²) >= 11 is 0. The quantitative estimate of drug-likeness (QED) is 0.823. The van der Waals surface area contributed by atoms with Gasteiger partial charge in [-0.1, -0.05) is 0 Å². The minimum Gasteiger partial charge on any atom is -0.311 e. The van der Waals surface area contributed by atoms with E-state index in [1.165, 1.54) is 18.4 Å². The van der Waals surface area contributed by atoms with Gasteiger partial charge in [0.1, 0.15) is 0 Å². The Bertz CT molecular complexity index is 321. The van der Waals surface area contributed by atoms with E-state index in [2.05, 4.69) is 37.4 Å². The third kappa shape index (κ3) is 2.40. The van der Waals surface area contributed by atoms with Crippen LogP contribution in [0, 0.1) is 0 Å². The lowest BCUT2D eigenvalue weighted by Crippen LogP contribution is -2.38. The zero-order valence-corrected chi connectivity index (χ0v) is 9.95. The number of rotatable bonds is 3. The molecule has 1 aromatic rings. The van der Waals surface area contributed by atoms with Crippen molar-refractivity contribution in [3.8, 4) is 0 Å². The van der Waals surface area contributed by atoms with Crippen molar-refractivity contribution in [2.45, 2.75) is 51.6 Å². The summed E-state index contributed by atoms with van der Waals surface area (Å²) in [4.78, 5) is 0. The summed E-state index contributed by atoms with van der Waals surface area (Å²) < 4.78 is 2.04. The van der Waals surface area contributed by atoms with E-state index in [-0.39, 0.29) is 0 Å². The summed E-state index contributed by atoms with van der Waals surface area (Å²) in [5.41, 5.74) is 1.64. The third-order valence-corrected chi connectivity index (χ3v) is 3.24. The van der Waals surface area contributed by atoms with Gasteiger partial charge in [-0.2, -0.15) is 5.10 Å². The fourth-order valence-corrected chi connectivity index (χ4v) is 2.31. The molecule has 1 saturated heterocycles. The van der Waals surface area contributed by atoms with Crippen LogP contribution >= 0.6 is 0 Å². The third-order valence-electron chi connectivity index (χ3n) is 3.24. The topological polar surface area (TPSA) is 29.9 Å². The molecule has 1 atom stereocenters. The van der Waals surface area contributed by atoms with Crippen LogP contribution in [0.1, 0.15) is 45.2 Å². The fraction of sp³-hybridized carbons (Fsp3) is 0.750. The van der Waals surface area contributed by atoms with Gasteiger partial charge in [0.05, 0.1) is 6.20 Å². The van der Waals surface area contributed by atoms with Crippen LogP contribution in [-0.4, -0.2) is 21.9 Å². The Labute approximate surface area is 91.9 Å². The molecular weight excluding hydrogens is 186 g/mol. The maximum Gasteiger partial charge on any atom is 0.0522 e. The lowest BCUT2D eigenvalue weighted by Gasteiger charge is -2.23. The van der Waals surface area contributed by atoms with Crippen LogP contribution in [0.4, 0.5) is 0 Å². The Balaban J connectivity index is 2.04. The summed E-state index contributed by atoms with van der Waals surface area (Å²) in [5.74, 6) is 0. The van der Waals surface area contributed by atoms with Gasteiger partial charge in [-0.3, -0.25) is 4.68 Å². The maximum atomic E-state index is 4.38. The first kappa shape index (κ1) is 10.7. The van der Waals surface area contributed by atoms with Crippen molar-refractivity contribution in [2.75, 3.05) is 6.54 Å². The highest BCUT2D eigenvalue weighted by atomic mass is 15.3. The normalized spacial score (nSPS) is 26.4. The van der Waals surface area contributed by atoms with E-state index in [4.69, 9.17) is 0 Å². The minimum absolute atomic E-state index is 0.296. The lowest BCUT2D eigenvalue weighted by molar-refractivity contribution is 0.412. The number of aromatic nitrogens is 2. The van der Waals surface area contributed by atoms with Crippen molar-refractivity contribution >= 4 is 0 Å². The van der Waals surface area contributed by atoms with Crippen LogP contribution in [-0.2, 0) is 6.42 Å². The Morgan fingerprint density at radius 2 is 2.40 bits per heavy atom. The standard InChI is InChI=1S/C12H21N3/c1-10(2)15-9-11(8-14-15)7-12(3)5-4-6-13-12/h8-10,13H,4-7H2,1-3H3. The van der Waals surface area contributed by atoms with E-state index in [1.807, 2.05) is 10.9 Å². The SMILES string of the molecule is CC(C)n1cc(CC2(C)CCCN2)cn1. The largest absolute Gasteiger partial charge is 0.311 e. The molecule has 0 bridgehead atoms. The van der Waals surface area contributed by atoms with Gasteiger partial charge in [-0.05, 0) is 52.1 Å². The van der Waals surface area contributed by atoms with Crippen molar-refractivity contribution in [1.29, 1.82) is 0 Å². The molecular formula is C12H21N3. The molecule has 0 amide bonds. The van der Waals surface area contributed by atoms with Crippen LogP contribution in [0.2, 0.25) is 0 Å². The minimum atomic E-state index is 0.296. The average Bonchev–Trinajstić information content (AvgIpc) is 2.75. The number of hydrogen-bond donors (Lipinski definition) is 1. The van der Waals surface area contributed by atoms with Gasteiger partial charge in [0.25, 0.3) is 0 Å². The van der Waals surface area contributed by atoms with Gasteiger partial charge in [0, 0.05) is 17.8 Å². The number of nitrogens with zero attached hydrogens (tertiary/aromatic N) is 2. The van der Waals surface area contributed by atoms with Crippen LogP contribution in [0.3, 0.4) is 0 Å². The van der Waals surface area contributed by atoms with Gasteiger partial charge < -0.3 is 5.32 Å². The second-order valence-electron chi connectivity index (χ2n) is 5.19. The number of nitrogens with one attached hydrogen (secondary N) is 1. The highest BCUT2D eigenvalue weighted by Crippen LogP contribution is 2.23. The summed E-state index contributed by atoms with van der Waals surface area (Å²) in [6.45, 7) is 7.79. The Morgan fingerprint density at radius 1 is 1.60 bits per heavy atom. The van der Waals surface area contributed by atoms with Crippen molar-refractivity contribution in [3.05, 3.63) is 18.0 Å². The molecule has 84 valence electrons. The van der Waals surface area contributed by atoms with E-state index in [1.54, 1.807) is 0 Å². The molecule has 1 aromatic heterocycles. The molecule has 0 aromatic carbocycles. The molecule has 2 heterocycles. The molecule has 0 spiro atoms. The first-order valence-corrected chi connectivity index (χ1v) is 5.87. The molecule has 3 heteroatoms. The predicted octanol–water partition coefficient (Wildman–Crippen LogP) is 2.15. The molecule has 2 rings (SSSR count). The Morgan fingerprint density at radius 3 is 2.93 bits per heavy atom.